The molecule has 0 saturated heterocycles. The fourth-order valence-corrected chi connectivity index (χ4v) is 2.53. The van der Waals surface area contributed by atoms with Gasteiger partial charge in [-0.15, -0.1) is 0 Å². The van der Waals surface area contributed by atoms with Gasteiger partial charge in [-0.25, -0.2) is 0 Å². The minimum absolute atomic E-state index is 0.0662. The van der Waals surface area contributed by atoms with Crippen molar-refractivity contribution in [2.24, 2.45) is 0 Å². The zero-order valence-corrected chi connectivity index (χ0v) is 14.5. The van der Waals surface area contributed by atoms with Crippen LogP contribution in [0.3, 0.4) is 0 Å². The molecule has 0 radical (unpaired) electrons. The number of carbonyl (C=O) groups is 1. The van der Waals surface area contributed by atoms with Crippen molar-refractivity contribution in [1.82, 2.24) is 4.90 Å². The third kappa shape index (κ3) is 5.39. The van der Waals surface area contributed by atoms with E-state index in [1.807, 2.05) is 24.3 Å². The predicted molar refractivity (Wildman–Crippen MR) is 95.0 cm³/mol. The van der Waals surface area contributed by atoms with E-state index in [4.69, 9.17) is 0 Å². The minimum Gasteiger partial charge on any atom is -0.508 e. The lowest BCUT2D eigenvalue weighted by Crippen LogP contribution is -2.26. The molecule has 0 heterocycles. The molecule has 2 N–H and O–H groups in total. The summed E-state index contributed by atoms with van der Waals surface area (Å²) in [5.41, 5.74) is 1.83. The van der Waals surface area contributed by atoms with Gasteiger partial charge in [0.05, 0.1) is 5.60 Å². The summed E-state index contributed by atoms with van der Waals surface area (Å²) in [6.45, 7) is 4.00. The van der Waals surface area contributed by atoms with Crippen LogP contribution in [0.4, 0.5) is 0 Å². The van der Waals surface area contributed by atoms with Crippen molar-refractivity contribution in [3.63, 3.8) is 0 Å². The molecule has 0 atom stereocenters. The van der Waals surface area contributed by atoms with Crippen LogP contribution in [0.1, 0.15) is 41.8 Å². The Morgan fingerprint density at radius 2 is 1.75 bits per heavy atom. The first-order valence-electron chi connectivity index (χ1n) is 8.09. The monoisotopic (exact) mass is 327 g/mol. The number of aryl methyl sites for hydroxylation is 1. The molecule has 2 aromatic rings. The quantitative estimate of drug-likeness (QED) is 0.855. The van der Waals surface area contributed by atoms with E-state index < -0.39 is 5.60 Å². The lowest BCUT2D eigenvalue weighted by atomic mass is 9.98. The maximum Gasteiger partial charge on any atom is 0.253 e. The van der Waals surface area contributed by atoms with Crippen LogP contribution < -0.4 is 0 Å². The van der Waals surface area contributed by atoms with Gasteiger partial charge in [0, 0.05) is 19.2 Å². The van der Waals surface area contributed by atoms with Crippen LogP contribution in [0.25, 0.3) is 0 Å². The van der Waals surface area contributed by atoms with E-state index in [0.717, 1.165) is 17.5 Å². The Morgan fingerprint density at radius 3 is 2.42 bits per heavy atom. The maximum atomic E-state index is 12.6. The van der Waals surface area contributed by atoms with Gasteiger partial charge in [0.2, 0.25) is 0 Å². The Bertz CT molecular complexity index is 704. The summed E-state index contributed by atoms with van der Waals surface area (Å²) >= 11 is 0. The number of hydrogen-bond donors (Lipinski definition) is 2. The van der Waals surface area contributed by atoms with E-state index in [1.54, 1.807) is 50.1 Å². The van der Waals surface area contributed by atoms with E-state index in [2.05, 4.69) is 0 Å². The summed E-state index contributed by atoms with van der Waals surface area (Å²) in [5.74, 6) is 0.130. The predicted octanol–water partition coefficient (Wildman–Crippen LogP) is 3.37. The van der Waals surface area contributed by atoms with Crippen LogP contribution in [-0.2, 0) is 13.0 Å². The molecule has 0 bridgehead atoms. The number of hydrogen-bond acceptors (Lipinski definition) is 3. The highest BCUT2D eigenvalue weighted by molar-refractivity contribution is 5.94. The highest BCUT2D eigenvalue weighted by Crippen LogP contribution is 2.17. The number of nitrogens with zero attached hydrogens (tertiary/aromatic N) is 1. The summed E-state index contributed by atoms with van der Waals surface area (Å²) in [4.78, 5) is 14.2. The first-order valence-corrected chi connectivity index (χ1v) is 8.09. The second-order valence-electron chi connectivity index (χ2n) is 6.84. The fourth-order valence-electron chi connectivity index (χ4n) is 2.53. The van der Waals surface area contributed by atoms with Gasteiger partial charge >= 0.3 is 0 Å². The Morgan fingerprint density at radius 1 is 1.08 bits per heavy atom. The highest BCUT2D eigenvalue weighted by Gasteiger charge is 2.15. The molecule has 128 valence electrons. The van der Waals surface area contributed by atoms with Crippen molar-refractivity contribution in [3.05, 3.63) is 65.2 Å². The Balaban J connectivity index is 2.05. The molecular weight excluding hydrogens is 302 g/mol. The Labute approximate surface area is 143 Å². The summed E-state index contributed by atoms with van der Waals surface area (Å²) in [6, 6.07) is 14.4. The van der Waals surface area contributed by atoms with Crippen molar-refractivity contribution < 1.29 is 15.0 Å². The number of amides is 1. The van der Waals surface area contributed by atoms with Crippen LogP contribution in [0.15, 0.2) is 48.5 Å². The zero-order chi connectivity index (χ0) is 17.7. The number of rotatable bonds is 6. The molecule has 0 aliphatic heterocycles. The second kappa shape index (κ2) is 7.49. The number of phenols is 1. The Hall–Kier alpha value is -2.33. The van der Waals surface area contributed by atoms with Crippen molar-refractivity contribution in [3.8, 4) is 5.75 Å². The van der Waals surface area contributed by atoms with E-state index >= 15 is 0 Å². The van der Waals surface area contributed by atoms with Gasteiger partial charge in [-0.05, 0) is 62.1 Å². The number of carbonyl (C=O) groups excluding carboxylic acids is 1. The Kier molecular flexibility index (Phi) is 5.62. The van der Waals surface area contributed by atoms with Crippen molar-refractivity contribution in [1.29, 1.82) is 0 Å². The van der Waals surface area contributed by atoms with Gasteiger partial charge in [-0.1, -0.05) is 24.3 Å². The van der Waals surface area contributed by atoms with Crippen LogP contribution in [0, 0.1) is 0 Å². The molecule has 24 heavy (non-hydrogen) atoms. The first-order chi connectivity index (χ1) is 11.2. The third-order valence-corrected chi connectivity index (χ3v) is 3.88. The molecule has 1 amide bonds. The summed E-state index contributed by atoms with van der Waals surface area (Å²) in [7, 11) is 1.75. The van der Waals surface area contributed by atoms with Crippen molar-refractivity contribution >= 4 is 5.91 Å². The van der Waals surface area contributed by atoms with Crippen LogP contribution in [0.2, 0.25) is 0 Å². The molecule has 2 aromatic carbocycles. The van der Waals surface area contributed by atoms with Gasteiger partial charge in [0.15, 0.2) is 0 Å². The van der Waals surface area contributed by atoms with E-state index in [0.29, 0.717) is 18.5 Å². The number of phenolic OH excluding ortho intramolecular Hbond substituents is 1. The van der Waals surface area contributed by atoms with Gasteiger partial charge in [0.1, 0.15) is 5.75 Å². The molecule has 0 spiro atoms. The SMILES string of the molecule is CN(Cc1cccc(O)c1)C(=O)c1cccc(CCC(C)(C)O)c1. The van der Waals surface area contributed by atoms with Gasteiger partial charge in [0.25, 0.3) is 5.91 Å². The minimum atomic E-state index is -0.716. The summed E-state index contributed by atoms with van der Waals surface area (Å²) < 4.78 is 0. The van der Waals surface area contributed by atoms with E-state index in [9.17, 15) is 15.0 Å². The lowest BCUT2D eigenvalue weighted by molar-refractivity contribution is 0.0714. The molecule has 0 unspecified atom stereocenters. The largest absolute Gasteiger partial charge is 0.508 e. The number of aromatic hydroxyl groups is 1. The maximum absolute atomic E-state index is 12.6. The molecule has 4 heteroatoms. The summed E-state index contributed by atoms with van der Waals surface area (Å²) in [5, 5.41) is 19.4. The molecule has 2 rings (SSSR count). The molecule has 0 saturated carbocycles. The highest BCUT2D eigenvalue weighted by atomic mass is 16.3. The lowest BCUT2D eigenvalue weighted by Gasteiger charge is -2.19. The molecule has 0 aliphatic rings. The smallest absolute Gasteiger partial charge is 0.253 e. The van der Waals surface area contributed by atoms with Gasteiger partial charge < -0.3 is 15.1 Å². The van der Waals surface area contributed by atoms with Crippen molar-refractivity contribution in [2.45, 2.75) is 38.8 Å². The van der Waals surface area contributed by atoms with Gasteiger partial charge in [-0.2, -0.15) is 0 Å². The van der Waals surface area contributed by atoms with Crippen LogP contribution >= 0.6 is 0 Å². The van der Waals surface area contributed by atoms with Crippen LogP contribution in [-0.4, -0.2) is 33.7 Å². The van der Waals surface area contributed by atoms with Crippen molar-refractivity contribution in [2.75, 3.05) is 7.05 Å². The second-order valence-corrected chi connectivity index (χ2v) is 6.84. The standard InChI is InChI=1S/C20H25NO3/c1-20(2,24)11-10-15-6-4-8-17(12-15)19(23)21(3)14-16-7-5-9-18(22)13-16/h4-9,12-13,22,24H,10-11,14H2,1-3H3. The molecule has 0 fully saturated rings. The fraction of sp³-hybridized carbons (Fsp3) is 0.350. The van der Waals surface area contributed by atoms with E-state index in [-0.39, 0.29) is 11.7 Å². The third-order valence-electron chi connectivity index (χ3n) is 3.88. The van der Waals surface area contributed by atoms with E-state index in [1.165, 1.54) is 0 Å². The molecule has 0 aliphatic carbocycles. The molecule has 4 nitrogen and oxygen atoms in total. The topological polar surface area (TPSA) is 60.8 Å². The molecule has 0 aromatic heterocycles. The average molecular weight is 327 g/mol. The number of benzene rings is 2. The molecular formula is C20H25NO3. The average Bonchev–Trinajstić information content (AvgIpc) is 2.52. The number of aliphatic hydroxyl groups is 1. The van der Waals surface area contributed by atoms with Gasteiger partial charge in [-0.3, -0.25) is 4.79 Å². The first kappa shape index (κ1) is 18.0. The zero-order valence-electron chi connectivity index (χ0n) is 14.5. The summed E-state index contributed by atoms with van der Waals surface area (Å²) in [6.07, 6.45) is 1.37. The normalized spacial score (nSPS) is 11.3. The van der Waals surface area contributed by atoms with Crippen LogP contribution in [0.5, 0.6) is 5.75 Å².